The number of piperidine rings is 1. The van der Waals surface area contributed by atoms with Gasteiger partial charge in [0.15, 0.2) is 0 Å². The maximum atomic E-state index is 13.7. The van der Waals surface area contributed by atoms with Crippen molar-refractivity contribution in [2.45, 2.75) is 77.0 Å². The van der Waals surface area contributed by atoms with Gasteiger partial charge in [-0.2, -0.15) is 0 Å². The molecular formula is C31H40BrClN4O4. The number of ether oxygens (including phenoxy) is 2. The molecule has 0 aliphatic carbocycles. The van der Waals surface area contributed by atoms with E-state index in [2.05, 4.69) is 25.8 Å². The van der Waals surface area contributed by atoms with Gasteiger partial charge in [0.2, 0.25) is 5.91 Å². The third-order valence-corrected chi connectivity index (χ3v) is 8.00. The van der Waals surface area contributed by atoms with Gasteiger partial charge in [0.25, 0.3) is 0 Å². The van der Waals surface area contributed by atoms with E-state index in [9.17, 15) is 9.59 Å². The lowest BCUT2D eigenvalue weighted by Gasteiger charge is -2.34. The zero-order valence-electron chi connectivity index (χ0n) is 24.3. The number of carbonyl (C=O) groups is 2. The van der Waals surface area contributed by atoms with Crippen LogP contribution in [-0.4, -0.2) is 64.9 Å². The average molecular weight is 648 g/mol. The van der Waals surface area contributed by atoms with Gasteiger partial charge in [-0.05, 0) is 76.3 Å². The standard InChI is InChI=1S/C31H40BrClN4O4/c1-31(2,3)41-30(39)34-24(18-21-11-13-23(32)14-12-21)19-27(38)36-15-6-8-22(20-36)29-35-28-25(33)9-5-10-26(28)37(29)16-7-17-40-4/h5,9-14,22,24H,6-8,15-20H2,1-4H3,(H,34,39)/t22-,24-/m1/s1. The number of amides is 2. The second kappa shape index (κ2) is 14.0. The van der Waals surface area contributed by atoms with E-state index >= 15 is 0 Å². The fourth-order valence-corrected chi connectivity index (χ4v) is 5.83. The highest BCUT2D eigenvalue weighted by atomic mass is 79.9. The Balaban J connectivity index is 1.51. The minimum absolute atomic E-state index is 0.00736. The van der Waals surface area contributed by atoms with Crippen LogP contribution >= 0.6 is 27.5 Å². The molecule has 0 bridgehead atoms. The summed E-state index contributed by atoms with van der Waals surface area (Å²) in [7, 11) is 1.70. The molecule has 0 radical (unpaired) electrons. The van der Waals surface area contributed by atoms with Crippen molar-refractivity contribution >= 4 is 50.6 Å². The molecule has 2 aromatic carbocycles. The number of aromatic nitrogens is 2. The summed E-state index contributed by atoms with van der Waals surface area (Å²) in [5.41, 5.74) is 2.19. The number of halogens is 2. The molecular weight excluding hydrogens is 608 g/mol. The molecule has 0 unspecified atom stereocenters. The van der Waals surface area contributed by atoms with Crippen molar-refractivity contribution in [1.29, 1.82) is 0 Å². The summed E-state index contributed by atoms with van der Waals surface area (Å²) in [5.74, 6) is 1.05. The Kier molecular flexibility index (Phi) is 10.7. The van der Waals surface area contributed by atoms with Crippen LogP contribution < -0.4 is 5.32 Å². The molecule has 1 saturated heterocycles. The molecule has 0 spiro atoms. The Morgan fingerprint density at radius 3 is 2.66 bits per heavy atom. The van der Waals surface area contributed by atoms with Gasteiger partial charge in [-0.15, -0.1) is 0 Å². The van der Waals surface area contributed by atoms with Gasteiger partial charge in [-0.25, -0.2) is 9.78 Å². The lowest BCUT2D eigenvalue weighted by atomic mass is 9.95. The predicted molar refractivity (Wildman–Crippen MR) is 165 cm³/mol. The van der Waals surface area contributed by atoms with Crippen molar-refractivity contribution in [3.8, 4) is 0 Å². The zero-order valence-corrected chi connectivity index (χ0v) is 26.6. The zero-order chi connectivity index (χ0) is 29.6. The van der Waals surface area contributed by atoms with E-state index in [0.29, 0.717) is 31.1 Å². The van der Waals surface area contributed by atoms with Crippen molar-refractivity contribution < 1.29 is 19.1 Å². The van der Waals surface area contributed by atoms with Gasteiger partial charge in [0.1, 0.15) is 16.9 Å². The number of rotatable bonds is 10. The Morgan fingerprint density at radius 1 is 1.20 bits per heavy atom. The number of imidazole rings is 1. The summed E-state index contributed by atoms with van der Waals surface area (Å²) in [6, 6.07) is 13.4. The summed E-state index contributed by atoms with van der Waals surface area (Å²) < 4.78 is 14.0. The minimum Gasteiger partial charge on any atom is -0.444 e. The third-order valence-electron chi connectivity index (χ3n) is 7.17. The molecule has 1 aliphatic rings. The van der Waals surface area contributed by atoms with Crippen molar-refractivity contribution in [2.75, 3.05) is 26.8 Å². The molecule has 8 nitrogen and oxygen atoms in total. The third kappa shape index (κ3) is 8.69. The van der Waals surface area contributed by atoms with Gasteiger partial charge in [-0.3, -0.25) is 4.79 Å². The summed E-state index contributed by atoms with van der Waals surface area (Å²) in [6.45, 7) is 8.14. The molecule has 1 aromatic heterocycles. The molecule has 41 heavy (non-hydrogen) atoms. The molecule has 1 fully saturated rings. The number of carbonyl (C=O) groups excluding carboxylic acids is 2. The van der Waals surface area contributed by atoms with Crippen LogP contribution in [0.5, 0.6) is 0 Å². The Labute approximate surface area is 255 Å². The molecule has 3 aromatic rings. The monoisotopic (exact) mass is 646 g/mol. The summed E-state index contributed by atoms with van der Waals surface area (Å²) >= 11 is 9.99. The van der Waals surface area contributed by atoms with E-state index in [-0.39, 0.29) is 18.2 Å². The number of likely N-dealkylation sites (tertiary alicyclic amines) is 1. The van der Waals surface area contributed by atoms with Crippen LogP contribution in [0.25, 0.3) is 11.0 Å². The van der Waals surface area contributed by atoms with Crippen LogP contribution in [0.3, 0.4) is 0 Å². The van der Waals surface area contributed by atoms with E-state index in [1.165, 1.54) is 0 Å². The summed E-state index contributed by atoms with van der Waals surface area (Å²) in [4.78, 5) is 33.2. The quantitative estimate of drug-likeness (QED) is 0.247. The van der Waals surface area contributed by atoms with Crippen molar-refractivity contribution in [3.63, 3.8) is 0 Å². The first-order chi connectivity index (χ1) is 19.5. The van der Waals surface area contributed by atoms with Crippen LogP contribution in [0, 0.1) is 0 Å². The lowest BCUT2D eigenvalue weighted by molar-refractivity contribution is -0.132. The first-order valence-corrected chi connectivity index (χ1v) is 15.4. The van der Waals surface area contributed by atoms with Gasteiger partial charge in [0, 0.05) is 56.2 Å². The average Bonchev–Trinajstić information content (AvgIpc) is 3.29. The first-order valence-electron chi connectivity index (χ1n) is 14.2. The lowest BCUT2D eigenvalue weighted by Crippen LogP contribution is -2.46. The van der Waals surface area contributed by atoms with Crippen molar-refractivity contribution in [3.05, 3.63) is 63.3 Å². The maximum absolute atomic E-state index is 13.7. The van der Waals surface area contributed by atoms with Gasteiger partial charge in [-0.1, -0.05) is 45.7 Å². The Hall–Kier alpha value is -2.62. The molecule has 10 heteroatoms. The van der Waals surface area contributed by atoms with Crippen LogP contribution in [0.4, 0.5) is 4.79 Å². The molecule has 2 amide bonds. The number of para-hydroxylation sites is 1. The number of nitrogens with zero attached hydrogens (tertiary/aromatic N) is 3. The molecule has 222 valence electrons. The van der Waals surface area contributed by atoms with Gasteiger partial charge < -0.3 is 24.3 Å². The van der Waals surface area contributed by atoms with E-state index in [0.717, 1.165) is 52.7 Å². The number of hydrogen-bond donors (Lipinski definition) is 1. The van der Waals surface area contributed by atoms with E-state index in [4.69, 9.17) is 26.1 Å². The van der Waals surface area contributed by atoms with Crippen molar-refractivity contribution in [1.82, 2.24) is 19.8 Å². The van der Waals surface area contributed by atoms with Gasteiger partial charge in [0.05, 0.1) is 10.5 Å². The Morgan fingerprint density at radius 2 is 1.95 bits per heavy atom. The fourth-order valence-electron chi connectivity index (χ4n) is 5.35. The highest BCUT2D eigenvalue weighted by Gasteiger charge is 2.31. The summed E-state index contributed by atoms with van der Waals surface area (Å²) in [6.07, 6.45) is 2.84. The number of methoxy groups -OCH3 is 1. The summed E-state index contributed by atoms with van der Waals surface area (Å²) in [5, 5.41) is 3.57. The second-order valence-electron chi connectivity index (χ2n) is 11.6. The topological polar surface area (TPSA) is 85.7 Å². The number of benzene rings is 2. The van der Waals surface area contributed by atoms with E-state index in [1.54, 1.807) is 7.11 Å². The SMILES string of the molecule is COCCCn1c([C@@H]2CCCN(C(=O)C[C@@H](Cc3ccc(Br)cc3)NC(=O)OC(C)(C)C)C2)nc2c(Cl)cccc21. The molecule has 4 rings (SSSR count). The largest absolute Gasteiger partial charge is 0.444 e. The van der Waals surface area contributed by atoms with Crippen LogP contribution in [0.2, 0.25) is 5.02 Å². The molecule has 1 aliphatic heterocycles. The molecule has 2 heterocycles. The number of alkyl carbamates (subject to hydrolysis) is 1. The van der Waals surface area contributed by atoms with Crippen molar-refractivity contribution in [2.24, 2.45) is 0 Å². The van der Waals surface area contributed by atoms with Gasteiger partial charge >= 0.3 is 6.09 Å². The number of fused-ring (bicyclic) bond motifs is 1. The number of nitrogens with one attached hydrogen (secondary N) is 1. The van der Waals surface area contributed by atoms with Crippen LogP contribution in [0.15, 0.2) is 46.9 Å². The normalized spacial score (nSPS) is 16.5. The smallest absolute Gasteiger partial charge is 0.407 e. The van der Waals surface area contributed by atoms with E-state index in [1.807, 2.05) is 68.1 Å². The predicted octanol–water partition coefficient (Wildman–Crippen LogP) is 6.72. The molecule has 2 atom stereocenters. The maximum Gasteiger partial charge on any atom is 0.407 e. The number of hydrogen-bond acceptors (Lipinski definition) is 5. The van der Waals surface area contributed by atoms with Crippen LogP contribution in [0.1, 0.15) is 63.8 Å². The fraction of sp³-hybridized carbons (Fsp3) is 0.516. The van der Waals surface area contributed by atoms with E-state index < -0.39 is 17.7 Å². The number of aryl methyl sites for hydroxylation is 1. The second-order valence-corrected chi connectivity index (χ2v) is 13.0. The molecule has 0 saturated carbocycles. The van der Waals surface area contributed by atoms with Crippen LogP contribution in [-0.2, 0) is 27.2 Å². The highest BCUT2D eigenvalue weighted by Crippen LogP contribution is 2.32. The highest BCUT2D eigenvalue weighted by molar-refractivity contribution is 9.10. The Bertz CT molecular complexity index is 1340. The first kappa shape index (κ1) is 31.3. The minimum atomic E-state index is -0.631. The molecule has 1 N–H and O–H groups in total.